The van der Waals surface area contributed by atoms with Crippen LogP contribution in [0, 0.1) is 0 Å². The van der Waals surface area contributed by atoms with Crippen molar-refractivity contribution in [2.45, 2.75) is 19.4 Å². The molecule has 0 saturated carbocycles. The van der Waals surface area contributed by atoms with Crippen LogP contribution < -0.4 is 5.32 Å². The molecule has 1 unspecified atom stereocenters. The molecule has 0 radical (unpaired) electrons. The van der Waals surface area contributed by atoms with Gasteiger partial charge >= 0.3 is 0 Å². The van der Waals surface area contributed by atoms with Gasteiger partial charge in [0.1, 0.15) is 6.61 Å². The van der Waals surface area contributed by atoms with Gasteiger partial charge in [-0.25, -0.2) is 0 Å². The monoisotopic (exact) mass is 131 g/mol. The minimum Gasteiger partial charge on any atom is -0.389 e. The Morgan fingerprint density at radius 2 is 2.33 bits per heavy atom. The second-order valence-electron chi connectivity index (χ2n) is 1.87. The van der Waals surface area contributed by atoms with Gasteiger partial charge in [-0.3, -0.25) is 4.79 Å². The Morgan fingerprint density at radius 3 is 2.44 bits per heavy atom. The Kier molecular flexibility index (Phi) is 4.26. The first-order valence-electron chi connectivity index (χ1n) is 3.07. The number of aliphatic hydroxyl groups excluding tert-OH is 1. The van der Waals surface area contributed by atoms with Crippen molar-refractivity contribution in [1.29, 1.82) is 0 Å². The molecular formula is C6H13NO2. The Hall–Kier alpha value is -0.410. The van der Waals surface area contributed by atoms with Crippen LogP contribution in [0.15, 0.2) is 0 Å². The molecule has 0 aliphatic carbocycles. The van der Waals surface area contributed by atoms with E-state index in [1.54, 1.807) is 7.05 Å². The summed E-state index contributed by atoms with van der Waals surface area (Å²) in [5.41, 5.74) is 0. The van der Waals surface area contributed by atoms with Gasteiger partial charge in [0.15, 0.2) is 5.78 Å². The lowest BCUT2D eigenvalue weighted by Crippen LogP contribution is -2.35. The number of ketones is 1. The predicted molar refractivity (Wildman–Crippen MR) is 35.2 cm³/mol. The summed E-state index contributed by atoms with van der Waals surface area (Å²) >= 11 is 0. The molecule has 0 aromatic carbocycles. The Labute approximate surface area is 55.1 Å². The predicted octanol–water partition coefficient (Wildman–Crippen LogP) is -0.454. The Morgan fingerprint density at radius 1 is 1.78 bits per heavy atom. The molecular weight excluding hydrogens is 118 g/mol. The smallest absolute Gasteiger partial charge is 0.174 e. The summed E-state index contributed by atoms with van der Waals surface area (Å²) in [5, 5.41) is 11.2. The van der Waals surface area contributed by atoms with Crippen molar-refractivity contribution in [3.8, 4) is 0 Å². The van der Waals surface area contributed by atoms with E-state index in [-0.39, 0.29) is 18.4 Å². The fourth-order valence-electron chi connectivity index (χ4n) is 0.703. The number of aliphatic hydroxyl groups is 1. The quantitative estimate of drug-likeness (QED) is 0.543. The van der Waals surface area contributed by atoms with Gasteiger partial charge in [-0.05, 0) is 13.5 Å². The minimum atomic E-state index is -0.362. The van der Waals surface area contributed by atoms with Crippen molar-refractivity contribution in [2.75, 3.05) is 13.7 Å². The van der Waals surface area contributed by atoms with Crippen LogP contribution in [0.1, 0.15) is 13.3 Å². The van der Waals surface area contributed by atoms with Crippen molar-refractivity contribution >= 4 is 5.78 Å². The number of nitrogens with one attached hydrogen (secondary N) is 1. The van der Waals surface area contributed by atoms with E-state index in [0.717, 1.165) is 6.42 Å². The lowest BCUT2D eigenvalue weighted by atomic mass is 10.1. The van der Waals surface area contributed by atoms with Crippen molar-refractivity contribution in [1.82, 2.24) is 5.32 Å². The third-order valence-corrected chi connectivity index (χ3v) is 1.30. The molecule has 0 aliphatic rings. The SMILES string of the molecule is CCC(NC)C(=O)CO. The van der Waals surface area contributed by atoms with E-state index in [4.69, 9.17) is 5.11 Å². The number of hydrogen-bond acceptors (Lipinski definition) is 3. The minimum absolute atomic E-state index is 0.139. The molecule has 3 nitrogen and oxygen atoms in total. The number of carbonyl (C=O) groups excluding carboxylic acids is 1. The summed E-state index contributed by atoms with van der Waals surface area (Å²) < 4.78 is 0. The van der Waals surface area contributed by atoms with E-state index in [9.17, 15) is 4.79 Å². The Bertz CT molecular complexity index is 89.1. The molecule has 1 atom stereocenters. The number of hydrogen-bond donors (Lipinski definition) is 2. The molecule has 0 aromatic rings. The fourth-order valence-corrected chi connectivity index (χ4v) is 0.703. The van der Waals surface area contributed by atoms with Gasteiger partial charge in [0.25, 0.3) is 0 Å². The van der Waals surface area contributed by atoms with Crippen LogP contribution in [0.4, 0.5) is 0 Å². The normalized spacial score (nSPS) is 13.2. The highest BCUT2D eigenvalue weighted by Crippen LogP contribution is 1.89. The average Bonchev–Trinajstić information content (AvgIpc) is 1.90. The lowest BCUT2D eigenvalue weighted by molar-refractivity contribution is -0.123. The van der Waals surface area contributed by atoms with Gasteiger partial charge in [0.05, 0.1) is 6.04 Å². The van der Waals surface area contributed by atoms with Gasteiger partial charge in [-0.2, -0.15) is 0 Å². The maximum absolute atomic E-state index is 10.7. The zero-order chi connectivity index (χ0) is 7.28. The number of Topliss-reactive ketones (excluding diaryl/α,β-unsaturated/α-hetero) is 1. The number of likely N-dealkylation sites (N-methyl/N-ethyl adjacent to an activating group) is 1. The molecule has 0 spiro atoms. The first-order valence-corrected chi connectivity index (χ1v) is 3.07. The fraction of sp³-hybridized carbons (Fsp3) is 0.833. The molecule has 0 fully saturated rings. The first kappa shape index (κ1) is 8.59. The molecule has 2 N–H and O–H groups in total. The molecule has 9 heavy (non-hydrogen) atoms. The van der Waals surface area contributed by atoms with E-state index >= 15 is 0 Å². The van der Waals surface area contributed by atoms with E-state index in [0.29, 0.717) is 0 Å². The van der Waals surface area contributed by atoms with Crippen molar-refractivity contribution < 1.29 is 9.90 Å². The maximum atomic E-state index is 10.7. The zero-order valence-electron chi connectivity index (χ0n) is 5.85. The van der Waals surface area contributed by atoms with E-state index < -0.39 is 0 Å². The van der Waals surface area contributed by atoms with Crippen molar-refractivity contribution in [3.63, 3.8) is 0 Å². The van der Waals surface area contributed by atoms with Crippen LogP contribution in [0.5, 0.6) is 0 Å². The summed E-state index contributed by atoms with van der Waals surface area (Å²) in [6.45, 7) is 1.54. The summed E-state index contributed by atoms with van der Waals surface area (Å²) in [5.74, 6) is -0.139. The van der Waals surface area contributed by atoms with Gasteiger partial charge < -0.3 is 10.4 Å². The van der Waals surface area contributed by atoms with Gasteiger partial charge in [0, 0.05) is 0 Å². The second kappa shape index (κ2) is 4.47. The first-order chi connectivity index (χ1) is 4.26. The maximum Gasteiger partial charge on any atom is 0.174 e. The number of rotatable bonds is 4. The largest absolute Gasteiger partial charge is 0.389 e. The third-order valence-electron chi connectivity index (χ3n) is 1.30. The summed E-state index contributed by atoms with van der Waals surface area (Å²) in [6.07, 6.45) is 0.732. The molecule has 0 saturated heterocycles. The van der Waals surface area contributed by atoms with Gasteiger partial charge in [0.2, 0.25) is 0 Å². The average molecular weight is 131 g/mol. The van der Waals surface area contributed by atoms with E-state index in [1.807, 2.05) is 6.92 Å². The van der Waals surface area contributed by atoms with Crippen LogP contribution >= 0.6 is 0 Å². The molecule has 0 rings (SSSR count). The topological polar surface area (TPSA) is 49.3 Å². The highest BCUT2D eigenvalue weighted by atomic mass is 16.3. The third kappa shape index (κ3) is 2.58. The highest BCUT2D eigenvalue weighted by molar-refractivity contribution is 5.84. The van der Waals surface area contributed by atoms with E-state index in [2.05, 4.69) is 5.32 Å². The summed E-state index contributed by atoms with van der Waals surface area (Å²) in [4.78, 5) is 10.7. The highest BCUT2D eigenvalue weighted by Gasteiger charge is 2.10. The summed E-state index contributed by atoms with van der Waals surface area (Å²) in [7, 11) is 1.71. The molecule has 3 heteroatoms. The van der Waals surface area contributed by atoms with Crippen LogP contribution in [0.2, 0.25) is 0 Å². The van der Waals surface area contributed by atoms with Gasteiger partial charge in [-0.15, -0.1) is 0 Å². The van der Waals surface area contributed by atoms with Crippen LogP contribution in [-0.4, -0.2) is 30.6 Å². The number of carbonyl (C=O) groups is 1. The molecule has 0 heterocycles. The second-order valence-corrected chi connectivity index (χ2v) is 1.87. The molecule has 0 aliphatic heterocycles. The van der Waals surface area contributed by atoms with Crippen LogP contribution in [-0.2, 0) is 4.79 Å². The van der Waals surface area contributed by atoms with E-state index in [1.165, 1.54) is 0 Å². The molecule has 0 bridgehead atoms. The van der Waals surface area contributed by atoms with Crippen molar-refractivity contribution in [3.05, 3.63) is 0 Å². The van der Waals surface area contributed by atoms with Crippen molar-refractivity contribution in [2.24, 2.45) is 0 Å². The molecule has 54 valence electrons. The zero-order valence-corrected chi connectivity index (χ0v) is 5.85. The molecule has 0 amide bonds. The Balaban J connectivity index is 3.64. The summed E-state index contributed by atoms with van der Waals surface area (Å²) in [6, 6.07) is -0.171. The van der Waals surface area contributed by atoms with Crippen LogP contribution in [0.3, 0.4) is 0 Å². The molecule has 0 aromatic heterocycles. The van der Waals surface area contributed by atoms with Crippen LogP contribution in [0.25, 0.3) is 0 Å². The van der Waals surface area contributed by atoms with Gasteiger partial charge in [-0.1, -0.05) is 6.92 Å². The standard InChI is InChI=1S/C6H13NO2/c1-3-5(7-2)6(9)4-8/h5,7-8H,3-4H2,1-2H3. The lowest BCUT2D eigenvalue weighted by Gasteiger charge is -2.08.